The fourth-order valence-corrected chi connectivity index (χ4v) is 1.97. The van der Waals surface area contributed by atoms with Gasteiger partial charge in [-0.1, -0.05) is 25.4 Å². The summed E-state index contributed by atoms with van der Waals surface area (Å²) in [6, 6.07) is 0.816. The second-order valence-electron chi connectivity index (χ2n) is 4.60. The van der Waals surface area contributed by atoms with Crippen molar-refractivity contribution < 1.29 is 13.2 Å². The van der Waals surface area contributed by atoms with Crippen molar-refractivity contribution in [2.45, 2.75) is 25.9 Å². The van der Waals surface area contributed by atoms with Gasteiger partial charge in [-0.2, -0.15) is 18.3 Å². The van der Waals surface area contributed by atoms with E-state index in [9.17, 15) is 13.2 Å². The summed E-state index contributed by atoms with van der Waals surface area (Å²) in [5.74, 6) is 0.197. The molecule has 0 spiro atoms. The van der Waals surface area contributed by atoms with Crippen molar-refractivity contribution in [1.29, 1.82) is 0 Å². The molecule has 0 atom stereocenters. The molecule has 2 rings (SSSR count). The molecule has 20 heavy (non-hydrogen) atoms. The van der Waals surface area contributed by atoms with E-state index in [0.717, 1.165) is 6.07 Å². The van der Waals surface area contributed by atoms with Gasteiger partial charge in [0.15, 0.2) is 5.82 Å². The first-order chi connectivity index (χ1) is 9.20. The van der Waals surface area contributed by atoms with Gasteiger partial charge in [0.1, 0.15) is 0 Å². The second kappa shape index (κ2) is 4.97. The van der Waals surface area contributed by atoms with Crippen LogP contribution in [0.3, 0.4) is 0 Å². The number of halogens is 4. The van der Waals surface area contributed by atoms with Crippen LogP contribution in [-0.4, -0.2) is 14.8 Å². The van der Waals surface area contributed by atoms with Crippen LogP contribution in [0.2, 0.25) is 5.02 Å². The van der Waals surface area contributed by atoms with E-state index in [1.807, 2.05) is 13.8 Å². The van der Waals surface area contributed by atoms with Crippen molar-refractivity contribution in [2.75, 3.05) is 5.73 Å². The Morgan fingerprint density at radius 3 is 2.45 bits per heavy atom. The van der Waals surface area contributed by atoms with Crippen molar-refractivity contribution in [3.05, 3.63) is 34.7 Å². The lowest BCUT2D eigenvalue weighted by Crippen LogP contribution is -2.08. The van der Waals surface area contributed by atoms with Crippen LogP contribution < -0.4 is 5.73 Å². The van der Waals surface area contributed by atoms with Crippen LogP contribution in [0.25, 0.3) is 5.82 Å². The first kappa shape index (κ1) is 14.6. The van der Waals surface area contributed by atoms with Crippen LogP contribution in [-0.2, 0) is 6.18 Å². The molecule has 0 fully saturated rings. The third-order valence-corrected chi connectivity index (χ3v) is 2.96. The van der Waals surface area contributed by atoms with E-state index < -0.39 is 11.7 Å². The number of alkyl halides is 3. The number of anilines is 1. The van der Waals surface area contributed by atoms with Crippen LogP contribution in [0.4, 0.5) is 18.9 Å². The Morgan fingerprint density at radius 2 is 2.00 bits per heavy atom. The summed E-state index contributed by atoms with van der Waals surface area (Å²) < 4.78 is 38.9. The lowest BCUT2D eigenvalue weighted by Gasteiger charge is -2.09. The van der Waals surface area contributed by atoms with E-state index in [4.69, 9.17) is 17.3 Å². The van der Waals surface area contributed by atoms with E-state index in [0.29, 0.717) is 17.6 Å². The number of hydrogen-bond acceptors (Lipinski definition) is 3. The highest BCUT2D eigenvalue weighted by Crippen LogP contribution is 2.32. The van der Waals surface area contributed by atoms with Gasteiger partial charge in [0.25, 0.3) is 0 Å². The summed E-state index contributed by atoms with van der Waals surface area (Å²) in [4.78, 5) is 3.72. The van der Waals surface area contributed by atoms with Crippen molar-refractivity contribution >= 4 is 17.3 Å². The van der Waals surface area contributed by atoms with E-state index >= 15 is 0 Å². The standard InChI is InChI=1S/C12H12ClF3N4/c1-6(2)10-9(17)5-20(19-10)11-8(13)3-7(4-18-11)12(14,15)16/h3-6H,17H2,1-2H3. The Balaban J connectivity index is 2.46. The fraction of sp³-hybridized carbons (Fsp3) is 0.333. The summed E-state index contributed by atoms with van der Waals surface area (Å²) in [6.45, 7) is 3.82. The summed E-state index contributed by atoms with van der Waals surface area (Å²) in [5.41, 5.74) is 5.97. The number of aromatic nitrogens is 3. The predicted octanol–water partition coefficient (Wildman–Crippen LogP) is 3.65. The third kappa shape index (κ3) is 2.72. The van der Waals surface area contributed by atoms with Crippen LogP contribution in [0, 0.1) is 0 Å². The van der Waals surface area contributed by atoms with Gasteiger partial charge in [-0.15, -0.1) is 0 Å². The molecule has 0 amide bonds. The lowest BCUT2D eigenvalue weighted by atomic mass is 10.1. The largest absolute Gasteiger partial charge is 0.417 e. The molecule has 0 aliphatic heterocycles. The fourth-order valence-electron chi connectivity index (χ4n) is 1.71. The molecule has 0 saturated carbocycles. The number of nitrogens with two attached hydrogens (primary N) is 1. The van der Waals surface area contributed by atoms with Crippen molar-refractivity contribution in [3.8, 4) is 5.82 Å². The van der Waals surface area contributed by atoms with Gasteiger partial charge in [0.05, 0.1) is 28.2 Å². The molecule has 2 aromatic heterocycles. The Hall–Kier alpha value is -1.76. The second-order valence-corrected chi connectivity index (χ2v) is 5.00. The van der Waals surface area contributed by atoms with Crippen molar-refractivity contribution in [3.63, 3.8) is 0 Å². The van der Waals surface area contributed by atoms with E-state index in [2.05, 4.69) is 10.1 Å². The number of rotatable bonds is 2. The van der Waals surface area contributed by atoms with Crippen LogP contribution >= 0.6 is 11.6 Å². The Labute approximate surface area is 118 Å². The first-order valence-corrected chi connectivity index (χ1v) is 6.16. The maximum Gasteiger partial charge on any atom is 0.417 e. The van der Waals surface area contributed by atoms with Gasteiger partial charge in [0.2, 0.25) is 0 Å². The van der Waals surface area contributed by atoms with E-state index in [1.165, 1.54) is 10.9 Å². The highest BCUT2D eigenvalue weighted by atomic mass is 35.5. The molecule has 2 N–H and O–H groups in total. The molecule has 0 bridgehead atoms. The molecule has 4 nitrogen and oxygen atoms in total. The smallest absolute Gasteiger partial charge is 0.396 e. The molecule has 108 valence electrons. The molecule has 8 heteroatoms. The molecular weight excluding hydrogens is 293 g/mol. The summed E-state index contributed by atoms with van der Waals surface area (Å²) >= 11 is 5.85. The average Bonchev–Trinajstić information content (AvgIpc) is 2.69. The molecule has 0 aliphatic rings. The van der Waals surface area contributed by atoms with Gasteiger partial charge in [-0.05, 0) is 12.0 Å². The molecule has 0 aliphatic carbocycles. The molecule has 0 unspecified atom stereocenters. The maximum absolute atomic E-state index is 12.5. The minimum atomic E-state index is -4.48. The maximum atomic E-state index is 12.5. The quantitative estimate of drug-likeness (QED) is 0.921. The van der Waals surface area contributed by atoms with Crippen molar-refractivity contribution in [1.82, 2.24) is 14.8 Å². The van der Waals surface area contributed by atoms with Gasteiger partial charge in [0, 0.05) is 6.20 Å². The van der Waals surface area contributed by atoms with Crippen molar-refractivity contribution in [2.24, 2.45) is 0 Å². The zero-order valence-corrected chi connectivity index (χ0v) is 11.5. The number of nitrogen functional groups attached to an aromatic ring is 1. The van der Waals surface area contributed by atoms with Gasteiger partial charge < -0.3 is 5.73 Å². The predicted molar refractivity (Wildman–Crippen MR) is 69.9 cm³/mol. The third-order valence-electron chi connectivity index (χ3n) is 2.69. The Kier molecular flexibility index (Phi) is 3.64. The van der Waals surface area contributed by atoms with E-state index in [1.54, 1.807) is 0 Å². The summed E-state index contributed by atoms with van der Waals surface area (Å²) in [6.07, 6.45) is -2.29. The summed E-state index contributed by atoms with van der Waals surface area (Å²) in [7, 11) is 0. The average molecular weight is 305 g/mol. The monoisotopic (exact) mass is 304 g/mol. The highest BCUT2D eigenvalue weighted by molar-refractivity contribution is 6.32. The first-order valence-electron chi connectivity index (χ1n) is 5.78. The Bertz CT molecular complexity index is 634. The number of hydrogen-bond donors (Lipinski definition) is 1. The minimum absolute atomic E-state index is 0.0875. The topological polar surface area (TPSA) is 56.7 Å². The lowest BCUT2D eigenvalue weighted by molar-refractivity contribution is -0.137. The SMILES string of the molecule is CC(C)c1nn(-c2ncc(C(F)(F)F)cc2Cl)cc1N. The highest BCUT2D eigenvalue weighted by Gasteiger charge is 2.31. The van der Waals surface area contributed by atoms with Gasteiger partial charge >= 0.3 is 6.18 Å². The summed E-state index contributed by atoms with van der Waals surface area (Å²) in [5, 5.41) is 4.05. The number of nitrogens with zero attached hydrogens (tertiary/aromatic N) is 3. The van der Waals surface area contributed by atoms with Crippen LogP contribution in [0.1, 0.15) is 31.0 Å². The van der Waals surface area contributed by atoms with Gasteiger partial charge in [-0.3, -0.25) is 0 Å². The molecule has 2 aromatic rings. The molecule has 0 radical (unpaired) electrons. The van der Waals surface area contributed by atoms with Crippen LogP contribution in [0.5, 0.6) is 0 Å². The number of pyridine rings is 1. The molecule has 0 aromatic carbocycles. The molecular formula is C12H12ClF3N4. The molecule has 2 heterocycles. The van der Waals surface area contributed by atoms with Gasteiger partial charge in [-0.25, -0.2) is 9.67 Å². The van der Waals surface area contributed by atoms with E-state index in [-0.39, 0.29) is 16.8 Å². The molecule has 0 saturated heterocycles. The zero-order valence-electron chi connectivity index (χ0n) is 10.7. The minimum Gasteiger partial charge on any atom is -0.396 e. The van der Waals surface area contributed by atoms with Crippen LogP contribution in [0.15, 0.2) is 18.5 Å². The normalized spacial score (nSPS) is 12.2. The Morgan fingerprint density at radius 1 is 1.35 bits per heavy atom. The zero-order chi connectivity index (χ0) is 15.1.